The van der Waals surface area contributed by atoms with Gasteiger partial charge < -0.3 is 14.7 Å². The van der Waals surface area contributed by atoms with Crippen molar-refractivity contribution in [3.05, 3.63) is 83.0 Å². The molecule has 0 radical (unpaired) electrons. The lowest BCUT2D eigenvalue weighted by Crippen LogP contribution is -2.55. The number of benzene rings is 2. The number of thiophene rings is 1. The fourth-order valence-corrected chi connectivity index (χ4v) is 5.23. The molecule has 38 heavy (non-hydrogen) atoms. The minimum absolute atomic E-state index is 0.113. The van der Waals surface area contributed by atoms with E-state index in [1.165, 1.54) is 13.0 Å². The Balaban J connectivity index is 1.19. The maximum absolute atomic E-state index is 14.2. The van der Waals surface area contributed by atoms with E-state index in [-0.39, 0.29) is 24.1 Å². The molecule has 1 atom stereocenters. The molecular formula is C28H28FN5O3S. The first-order valence-corrected chi connectivity index (χ1v) is 13.3. The lowest BCUT2D eigenvalue weighted by atomic mass is 10.0. The quantitative estimate of drug-likeness (QED) is 0.368. The highest BCUT2D eigenvalue weighted by Gasteiger charge is 2.29. The van der Waals surface area contributed by atoms with Gasteiger partial charge in [-0.15, -0.1) is 11.3 Å². The molecule has 0 saturated carbocycles. The Morgan fingerprint density at radius 1 is 1.08 bits per heavy atom. The van der Waals surface area contributed by atoms with Crippen molar-refractivity contribution in [1.29, 1.82) is 0 Å². The van der Waals surface area contributed by atoms with Crippen molar-refractivity contribution in [2.75, 3.05) is 26.2 Å². The van der Waals surface area contributed by atoms with Crippen LogP contribution in [0.5, 0.6) is 0 Å². The number of nitrogens with zero attached hydrogens (tertiary/aromatic N) is 4. The van der Waals surface area contributed by atoms with Crippen molar-refractivity contribution in [1.82, 2.24) is 25.3 Å². The van der Waals surface area contributed by atoms with Crippen LogP contribution in [0.15, 0.2) is 70.6 Å². The third kappa shape index (κ3) is 6.15. The van der Waals surface area contributed by atoms with Gasteiger partial charge in [-0.05, 0) is 34.7 Å². The Morgan fingerprint density at radius 3 is 2.63 bits per heavy atom. The van der Waals surface area contributed by atoms with Crippen molar-refractivity contribution in [2.45, 2.75) is 25.9 Å². The number of hydrogen-bond donors (Lipinski definition) is 1. The zero-order valence-electron chi connectivity index (χ0n) is 21.0. The van der Waals surface area contributed by atoms with Crippen molar-refractivity contribution in [2.24, 2.45) is 0 Å². The Morgan fingerprint density at radius 2 is 1.89 bits per heavy atom. The zero-order valence-corrected chi connectivity index (χ0v) is 21.8. The molecule has 2 aromatic heterocycles. The summed E-state index contributed by atoms with van der Waals surface area (Å²) in [5, 5.41) is 8.82. The summed E-state index contributed by atoms with van der Waals surface area (Å²) in [7, 11) is 0. The van der Waals surface area contributed by atoms with Gasteiger partial charge in [0, 0.05) is 51.6 Å². The normalized spacial score (nSPS) is 14.8. The average Bonchev–Trinajstić information content (AvgIpc) is 3.62. The molecule has 1 fully saturated rings. The predicted octanol–water partition coefficient (Wildman–Crippen LogP) is 4.00. The van der Waals surface area contributed by atoms with Crippen LogP contribution in [0.3, 0.4) is 0 Å². The standard InChI is InChI=1S/C28H28FN5O3S/c1-19(35)30-24(17-21-7-2-3-9-23(21)29)28(36)34-13-11-33(12-14-34)18-20-6-4-8-22(16-20)26-31-27(37-32-26)25-10-5-15-38-25/h2-10,15-16,24H,11-14,17-18H2,1H3,(H,30,35). The van der Waals surface area contributed by atoms with E-state index in [1.54, 1.807) is 34.4 Å². The van der Waals surface area contributed by atoms with Gasteiger partial charge in [0.2, 0.25) is 17.6 Å². The molecule has 196 valence electrons. The van der Waals surface area contributed by atoms with Gasteiger partial charge in [-0.1, -0.05) is 47.6 Å². The van der Waals surface area contributed by atoms with Gasteiger partial charge >= 0.3 is 0 Å². The van der Waals surface area contributed by atoms with E-state index >= 15 is 0 Å². The largest absolute Gasteiger partial charge is 0.344 e. The van der Waals surface area contributed by atoms with Crippen LogP contribution in [0.25, 0.3) is 22.2 Å². The molecule has 5 rings (SSSR count). The predicted molar refractivity (Wildman–Crippen MR) is 143 cm³/mol. The third-order valence-corrected chi connectivity index (χ3v) is 7.35. The lowest BCUT2D eigenvalue weighted by Gasteiger charge is -2.36. The highest BCUT2D eigenvalue weighted by molar-refractivity contribution is 7.13. The fourth-order valence-electron chi connectivity index (χ4n) is 4.58. The van der Waals surface area contributed by atoms with Gasteiger partial charge in [-0.25, -0.2) is 4.39 Å². The molecule has 0 bridgehead atoms. The third-order valence-electron chi connectivity index (χ3n) is 6.49. The van der Waals surface area contributed by atoms with E-state index in [2.05, 4.69) is 32.5 Å². The number of piperazine rings is 1. The highest BCUT2D eigenvalue weighted by Crippen LogP contribution is 2.26. The molecule has 1 saturated heterocycles. The number of halogens is 1. The molecule has 2 amide bonds. The summed E-state index contributed by atoms with van der Waals surface area (Å²) in [5.41, 5.74) is 2.40. The smallest absolute Gasteiger partial charge is 0.268 e. The van der Waals surface area contributed by atoms with Crippen molar-refractivity contribution < 1.29 is 18.5 Å². The monoisotopic (exact) mass is 533 g/mol. The second kappa shape index (κ2) is 11.7. The summed E-state index contributed by atoms with van der Waals surface area (Å²) in [6.07, 6.45) is 0.113. The molecule has 1 aliphatic heterocycles. The van der Waals surface area contributed by atoms with Crippen LogP contribution in [-0.4, -0.2) is 64.0 Å². The topological polar surface area (TPSA) is 91.6 Å². The first-order chi connectivity index (χ1) is 18.5. The van der Waals surface area contributed by atoms with E-state index < -0.39 is 6.04 Å². The maximum Gasteiger partial charge on any atom is 0.268 e. The molecule has 0 aliphatic carbocycles. The Kier molecular flexibility index (Phi) is 7.90. The highest BCUT2D eigenvalue weighted by atomic mass is 32.1. The first kappa shape index (κ1) is 25.7. The SMILES string of the molecule is CC(=O)NC(Cc1ccccc1F)C(=O)N1CCN(Cc2cccc(-c3noc(-c4cccs4)n3)c2)CC1. The molecule has 8 nitrogen and oxygen atoms in total. The number of aromatic nitrogens is 2. The molecule has 4 aromatic rings. The van der Waals surface area contributed by atoms with Crippen LogP contribution in [0.1, 0.15) is 18.1 Å². The van der Waals surface area contributed by atoms with Gasteiger partial charge in [0.25, 0.3) is 5.89 Å². The summed E-state index contributed by atoms with van der Waals surface area (Å²) >= 11 is 1.55. The average molecular weight is 534 g/mol. The number of hydrogen-bond acceptors (Lipinski definition) is 7. The number of rotatable bonds is 8. The minimum Gasteiger partial charge on any atom is -0.344 e. The fraction of sp³-hybridized carbons (Fsp3) is 0.286. The maximum atomic E-state index is 14.2. The molecular weight excluding hydrogens is 505 g/mol. The number of nitrogens with one attached hydrogen (secondary N) is 1. The summed E-state index contributed by atoms with van der Waals surface area (Å²) in [6, 6.07) is 17.5. The molecule has 1 unspecified atom stereocenters. The van der Waals surface area contributed by atoms with E-state index in [4.69, 9.17) is 4.52 Å². The minimum atomic E-state index is -0.804. The first-order valence-electron chi connectivity index (χ1n) is 12.4. The van der Waals surface area contributed by atoms with Crippen LogP contribution < -0.4 is 5.32 Å². The Bertz CT molecular complexity index is 1400. The summed E-state index contributed by atoms with van der Waals surface area (Å²) in [4.78, 5) is 34.5. The van der Waals surface area contributed by atoms with Gasteiger partial charge in [-0.2, -0.15) is 4.98 Å². The summed E-state index contributed by atoms with van der Waals surface area (Å²) < 4.78 is 19.6. The second-order valence-corrected chi connectivity index (χ2v) is 10.2. The summed E-state index contributed by atoms with van der Waals surface area (Å²) in [6.45, 7) is 4.52. The number of carbonyl (C=O) groups is 2. The molecule has 3 heterocycles. The van der Waals surface area contributed by atoms with Crippen molar-refractivity contribution in [3.8, 4) is 22.2 Å². The van der Waals surface area contributed by atoms with Crippen LogP contribution in [-0.2, 0) is 22.6 Å². The van der Waals surface area contributed by atoms with Crippen LogP contribution in [0.2, 0.25) is 0 Å². The molecule has 0 spiro atoms. The van der Waals surface area contributed by atoms with E-state index in [0.717, 1.165) is 22.5 Å². The van der Waals surface area contributed by atoms with Crippen molar-refractivity contribution in [3.63, 3.8) is 0 Å². The Labute approximate surface area is 224 Å². The second-order valence-electron chi connectivity index (χ2n) is 9.25. The molecule has 2 aromatic carbocycles. The molecule has 1 N–H and O–H groups in total. The lowest BCUT2D eigenvalue weighted by molar-refractivity contribution is -0.137. The Hall–Kier alpha value is -3.89. The van der Waals surface area contributed by atoms with E-state index in [0.29, 0.717) is 43.5 Å². The van der Waals surface area contributed by atoms with Gasteiger partial charge in [0.1, 0.15) is 11.9 Å². The molecule has 1 aliphatic rings. The number of carbonyl (C=O) groups excluding carboxylic acids is 2. The van der Waals surface area contributed by atoms with E-state index in [9.17, 15) is 14.0 Å². The van der Waals surface area contributed by atoms with Gasteiger partial charge in [-0.3, -0.25) is 14.5 Å². The molecule has 10 heteroatoms. The van der Waals surface area contributed by atoms with Gasteiger partial charge in [0.05, 0.1) is 4.88 Å². The van der Waals surface area contributed by atoms with Crippen LogP contribution in [0.4, 0.5) is 4.39 Å². The van der Waals surface area contributed by atoms with E-state index in [1.807, 2.05) is 29.6 Å². The van der Waals surface area contributed by atoms with Crippen LogP contribution >= 0.6 is 11.3 Å². The van der Waals surface area contributed by atoms with Crippen LogP contribution in [0, 0.1) is 5.82 Å². The van der Waals surface area contributed by atoms with Crippen molar-refractivity contribution >= 4 is 23.2 Å². The van der Waals surface area contributed by atoms with Gasteiger partial charge in [0.15, 0.2) is 0 Å². The summed E-state index contributed by atoms with van der Waals surface area (Å²) in [5.74, 6) is 0.163. The zero-order chi connectivity index (χ0) is 26.5. The number of amides is 2.